The van der Waals surface area contributed by atoms with Gasteiger partial charge >= 0.3 is 0 Å². The highest BCUT2D eigenvalue weighted by Gasteiger charge is 2.18. The van der Waals surface area contributed by atoms with Crippen LogP contribution >= 0.6 is 0 Å². The molecule has 0 atom stereocenters. The zero-order chi connectivity index (χ0) is 12.8. The molecule has 0 radical (unpaired) electrons. The van der Waals surface area contributed by atoms with E-state index in [-0.39, 0.29) is 6.04 Å². The minimum Gasteiger partial charge on any atom is -0.303 e. The molecule has 3 nitrogen and oxygen atoms in total. The van der Waals surface area contributed by atoms with Gasteiger partial charge in [0.15, 0.2) is 0 Å². The van der Waals surface area contributed by atoms with Crippen LogP contribution in [0, 0.1) is 11.8 Å². The second-order valence-electron chi connectivity index (χ2n) is 5.27. The summed E-state index contributed by atoms with van der Waals surface area (Å²) in [5.74, 6) is 0. The van der Waals surface area contributed by atoms with Crippen LogP contribution < -0.4 is 0 Å². The van der Waals surface area contributed by atoms with Crippen LogP contribution in [0.5, 0.6) is 0 Å². The van der Waals surface area contributed by atoms with Gasteiger partial charge in [-0.2, -0.15) is 4.91 Å². The molecule has 3 heteroatoms. The Kier molecular flexibility index (Phi) is 4.88. The molecule has 18 heavy (non-hydrogen) atoms. The molecule has 2 rings (SSSR count). The first-order valence-electron chi connectivity index (χ1n) is 6.88. The first-order chi connectivity index (χ1) is 8.78. The van der Waals surface area contributed by atoms with E-state index >= 15 is 0 Å². The molecule has 0 aliphatic carbocycles. The first kappa shape index (κ1) is 13.2. The third kappa shape index (κ3) is 3.91. The van der Waals surface area contributed by atoms with E-state index in [1.165, 1.54) is 17.5 Å². The Labute approximate surface area is 109 Å². The minimum absolute atomic E-state index is 0.0676. The van der Waals surface area contributed by atoms with E-state index < -0.39 is 0 Å². The monoisotopic (exact) mass is 246 g/mol. The van der Waals surface area contributed by atoms with E-state index in [1.54, 1.807) is 0 Å². The van der Waals surface area contributed by atoms with Gasteiger partial charge in [0, 0.05) is 13.1 Å². The highest BCUT2D eigenvalue weighted by atomic mass is 16.3. The summed E-state index contributed by atoms with van der Waals surface area (Å²) in [6.07, 6.45) is 4.22. The van der Waals surface area contributed by atoms with E-state index in [9.17, 15) is 4.91 Å². The quantitative estimate of drug-likeness (QED) is 0.748. The second kappa shape index (κ2) is 6.64. The van der Waals surface area contributed by atoms with Crippen molar-refractivity contribution in [3.8, 4) is 0 Å². The lowest BCUT2D eigenvalue weighted by molar-refractivity contribution is 0.211. The topological polar surface area (TPSA) is 32.7 Å². The van der Waals surface area contributed by atoms with Gasteiger partial charge in [-0.3, -0.25) is 0 Å². The Morgan fingerprint density at radius 1 is 1.33 bits per heavy atom. The Balaban J connectivity index is 1.68. The smallest absolute Gasteiger partial charge is 0.0944 e. The molecular weight excluding hydrogens is 224 g/mol. The van der Waals surface area contributed by atoms with Crippen molar-refractivity contribution in [3.63, 3.8) is 0 Å². The van der Waals surface area contributed by atoms with Crippen molar-refractivity contribution in [2.75, 3.05) is 19.6 Å². The number of piperidine rings is 1. The number of nitroso groups, excluding NO2 is 1. The van der Waals surface area contributed by atoms with Crippen LogP contribution in [0.3, 0.4) is 0 Å². The lowest BCUT2D eigenvalue weighted by Gasteiger charge is -2.28. The van der Waals surface area contributed by atoms with Crippen LogP contribution in [0.4, 0.5) is 0 Å². The molecule has 0 spiro atoms. The van der Waals surface area contributed by atoms with Crippen molar-refractivity contribution in [3.05, 3.63) is 40.3 Å². The maximum absolute atomic E-state index is 10.4. The maximum Gasteiger partial charge on any atom is 0.0944 e. The predicted octanol–water partition coefficient (Wildman–Crippen LogP) is 3.16. The fourth-order valence-electron chi connectivity index (χ4n) is 2.62. The third-order valence-electron chi connectivity index (χ3n) is 3.73. The lowest BCUT2D eigenvalue weighted by Crippen LogP contribution is -2.35. The summed E-state index contributed by atoms with van der Waals surface area (Å²) in [6.45, 7) is 5.34. The lowest BCUT2D eigenvalue weighted by atomic mass is 10.0. The molecule has 0 amide bonds. The molecule has 0 aromatic heterocycles. The summed E-state index contributed by atoms with van der Waals surface area (Å²) in [5.41, 5.74) is 2.77. The molecule has 1 aromatic rings. The average Bonchev–Trinajstić information content (AvgIpc) is 2.40. The Morgan fingerprint density at radius 3 is 2.78 bits per heavy atom. The maximum atomic E-state index is 10.4. The summed E-state index contributed by atoms with van der Waals surface area (Å²) < 4.78 is 0. The van der Waals surface area contributed by atoms with Crippen molar-refractivity contribution >= 4 is 0 Å². The zero-order valence-corrected chi connectivity index (χ0v) is 11.1. The minimum atomic E-state index is 0.0676. The Bertz CT molecular complexity index is 384. The van der Waals surface area contributed by atoms with E-state index in [2.05, 4.69) is 41.3 Å². The standard InChI is InChI=1S/C15H22N2O/c1-13-4-2-5-14(12-13)6-3-9-17-10-7-15(16-18)8-11-17/h2,4-5,12,15H,3,6-11H2,1H3. The highest BCUT2D eigenvalue weighted by Crippen LogP contribution is 2.14. The molecule has 1 aromatic carbocycles. The van der Waals surface area contributed by atoms with Gasteiger partial charge in [-0.05, 0) is 44.7 Å². The highest BCUT2D eigenvalue weighted by molar-refractivity contribution is 5.22. The van der Waals surface area contributed by atoms with Gasteiger partial charge < -0.3 is 4.90 Å². The van der Waals surface area contributed by atoms with Crippen LogP contribution in [-0.2, 0) is 6.42 Å². The van der Waals surface area contributed by atoms with Crippen LogP contribution in [0.2, 0.25) is 0 Å². The van der Waals surface area contributed by atoms with E-state index in [4.69, 9.17) is 0 Å². The van der Waals surface area contributed by atoms with Crippen LogP contribution in [0.15, 0.2) is 29.4 Å². The molecular formula is C15H22N2O. The predicted molar refractivity (Wildman–Crippen MR) is 74.8 cm³/mol. The largest absolute Gasteiger partial charge is 0.303 e. The number of aryl methyl sites for hydroxylation is 2. The number of benzene rings is 1. The SMILES string of the molecule is Cc1cccc(CCCN2CCC(N=O)CC2)c1. The summed E-state index contributed by atoms with van der Waals surface area (Å²) in [5, 5.41) is 3.14. The van der Waals surface area contributed by atoms with Gasteiger partial charge in [0.1, 0.15) is 0 Å². The molecule has 1 aliphatic heterocycles. The van der Waals surface area contributed by atoms with Crippen molar-refractivity contribution < 1.29 is 0 Å². The van der Waals surface area contributed by atoms with E-state index in [0.29, 0.717) is 0 Å². The number of nitrogens with zero attached hydrogens (tertiary/aromatic N) is 2. The van der Waals surface area contributed by atoms with Crippen molar-refractivity contribution in [2.24, 2.45) is 5.18 Å². The average molecular weight is 246 g/mol. The fraction of sp³-hybridized carbons (Fsp3) is 0.600. The van der Waals surface area contributed by atoms with Gasteiger partial charge in [0.2, 0.25) is 0 Å². The van der Waals surface area contributed by atoms with Crippen LogP contribution in [0.25, 0.3) is 0 Å². The molecule has 0 unspecified atom stereocenters. The normalized spacial score (nSPS) is 17.8. The van der Waals surface area contributed by atoms with Crippen molar-refractivity contribution in [2.45, 2.75) is 38.6 Å². The van der Waals surface area contributed by atoms with Gasteiger partial charge in [-0.25, -0.2) is 0 Å². The fourth-order valence-corrected chi connectivity index (χ4v) is 2.62. The molecule has 1 heterocycles. The van der Waals surface area contributed by atoms with Crippen molar-refractivity contribution in [1.29, 1.82) is 0 Å². The van der Waals surface area contributed by atoms with Gasteiger partial charge in [-0.1, -0.05) is 35.0 Å². The Hall–Kier alpha value is -1.22. The molecule has 1 fully saturated rings. The van der Waals surface area contributed by atoms with Crippen molar-refractivity contribution in [1.82, 2.24) is 4.90 Å². The summed E-state index contributed by atoms with van der Waals surface area (Å²) in [4.78, 5) is 12.9. The molecule has 0 N–H and O–H groups in total. The van der Waals surface area contributed by atoms with E-state index in [0.717, 1.165) is 38.9 Å². The van der Waals surface area contributed by atoms with Gasteiger partial charge in [-0.15, -0.1) is 0 Å². The first-order valence-corrected chi connectivity index (χ1v) is 6.88. The summed E-state index contributed by atoms with van der Waals surface area (Å²) in [6, 6.07) is 8.81. The molecule has 1 aliphatic rings. The zero-order valence-electron chi connectivity index (χ0n) is 11.1. The van der Waals surface area contributed by atoms with E-state index in [1.807, 2.05) is 0 Å². The third-order valence-corrected chi connectivity index (χ3v) is 3.73. The molecule has 1 saturated heterocycles. The Morgan fingerprint density at radius 2 is 2.11 bits per heavy atom. The number of rotatable bonds is 5. The van der Waals surface area contributed by atoms with Crippen LogP contribution in [-0.4, -0.2) is 30.6 Å². The van der Waals surface area contributed by atoms with Gasteiger partial charge in [0.05, 0.1) is 6.04 Å². The number of likely N-dealkylation sites (tertiary alicyclic amines) is 1. The summed E-state index contributed by atoms with van der Waals surface area (Å²) in [7, 11) is 0. The molecule has 0 bridgehead atoms. The number of hydrogen-bond acceptors (Lipinski definition) is 3. The molecule has 98 valence electrons. The number of hydrogen-bond donors (Lipinski definition) is 0. The van der Waals surface area contributed by atoms with Gasteiger partial charge in [0.25, 0.3) is 0 Å². The second-order valence-corrected chi connectivity index (χ2v) is 5.27. The summed E-state index contributed by atoms with van der Waals surface area (Å²) >= 11 is 0. The van der Waals surface area contributed by atoms with Crippen LogP contribution in [0.1, 0.15) is 30.4 Å². The molecule has 0 saturated carbocycles.